The molecule has 14 nitrogen and oxygen atoms in total. The first-order chi connectivity index (χ1) is 23.4. The van der Waals surface area contributed by atoms with E-state index in [2.05, 4.69) is 31.1 Å². The summed E-state index contributed by atoms with van der Waals surface area (Å²) in [5.41, 5.74) is -1.17. The minimum Gasteiger partial charge on any atom is -0.418 e. The molecule has 1 saturated heterocycles. The molecule has 3 rings (SSSR count). The van der Waals surface area contributed by atoms with Crippen LogP contribution in [-0.2, 0) is 19.8 Å². The predicted octanol–water partition coefficient (Wildman–Crippen LogP) is 3.61. The smallest absolute Gasteiger partial charge is 0.286 e. The fourth-order valence-corrected chi connectivity index (χ4v) is 5.80. The number of nitrogens with one attached hydrogen (secondary N) is 3. The van der Waals surface area contributed by atoms with Crippen molar-refractivity contribution in [1.82, 2.24) is 36.0 Å². The van der Waals surface area contributed by atoms with Crippen molar-refractivity contribution in [2.24, 2.45) is 11.8 Å². The summed E-state index contributed by atoms with van der Waals surface area (Å²) in [4.78, 5) is 71.9. The molecule has 4 amide bonds. The van der Waals surface area contributed by atoms with Crippen LogP contribution in [0.2, 0.25) is 5.02 Å². The van der Waals surface area contributed by atoms with Gasteiger partial charge < -0.3 is 30.4 Å². The lowest BCUT2D eigenvalue weighted by atomic mass is 9.95. The average Bonchev–Trinajstić information content (AvgIpc) is 3.75. The van der Waals surface area contributed by atoms with Crippen LogP contribution in [0, 0.1) is 11.8 Å². The number of nitrogens with zero attached hydrogens (tertiary/aromatic N) is 4. The van der Waals surface area contributed by atoms with Gasteiger partial charge in [-0.2, -0.15) is 0 Å². The van der Waals surface area contributed by atoms with Crippen molar-refractivity contribution >= 4 is 41.0 Å². The Bertz CT molecular complexity index is 1520. The Morgan fingerprint density at radius 3 is 2.32 bits per heavy atom. The van der Waals surface area contributed by atoms with E-state index in [0.29, 0.717) is 43.7 Å². The number of aliphatic hydroxyl groups is 1. The summed E-state index contributed by atoms with van der Waals surface area (Å²) in [7, 11) is 0. The van der Waals surface area contributed by atoms with Gasteiger partial charge in [0.15, 0.2) is 0 Å². The summed E-state index contributed by atoms with van der Waals surface area (Å²) in [6, 6.07) is 0.444. The summed E-state index contributed by atoms with van der Waals surface area (Å²) < 4.78 is 5.57. The number of unbranched alkanes of at least 4 members (excludes halogenated alkanes) is 1. The van der Waals surface area contributed by atoms with Gasteiger partial charge in [0.2, 0.25) is 29.4 Å². The van der Waals surface area contributed by atoms with E-state index in [1.807, 2.05) is 27.7 Å². The maximum absolute atomic E-state index is 13.8. The molecular weight excluding hydrogens is 666 g/mol. The standard InChI is InChI=1S/C35H52ClN7O7/c1-20(2)26(28(46)31-41-42-33(50-31)34(5,6)19-44)39-30(48)24-12-11-17-43(24)32(49)27(21(3)4)38-25(45)13-9-10-15-35(7,8)40-29(47)23-18-22(36)14-16-37-23/h14,16,18,20-21,24,26-27,44H,9-13,15,17,19H2,1-8H3,(H,38,45)(H,39,48)(H,40,47)/t24-,26?,27?/m0/s1. The number of likely N-dealkylation sites (tertiary alicyclic amines) is 1. The number of hydrogen-bond donors (Lipinski definition) is 4. The molecule has 0 aliphatic carbocycles. The molecule has 1 aliphatic rings. The molecule has 3 heterocycles. The van der Waals surface area contributed by atoms with Crippen molar-refractivity contribution in [3.05, 3.63) is 40.8 Å². The lowest BCUT2D eigenvalue weighted by molar-refractivity contribution is -0.142. The number of rotatable bonds is 17. The van der Waals surface area contributed by atoms with Crippen LogP contribution in [0.5, 0.6) is 0 Å². The van der Waals surface area contributed by atoms with Gasteiger partial charge >= 0.3 is 0 Å². The van der Waals surface area contributed by atoms with Crippen molar-refractivity contribution in [1.29, 1.82) is 0 Å². The number of ketones is 1. The Labute approximate surface area is 298 Å². The van der Waals surface area contributed by atoms with Crippen LogP contribution in [0.3, 0.4) is 0 Å². The Hall–Kier alpha value is -3.91. The van der Waals surface area contributed by atoms with E-state index in [1.165, 1.54) is 17.2 Å². The van der Waals surface area contributed by atoms with E-state index >= 15 is 0 Å². The van der Waals surface area contributed by atoms with Crippen molar-refractivity contribution < 1.29 is 33.5 Å². The van der Waals surface area contributed by atoms with Gasteiger partial charge in [-0.1, -0.05) is 45.7 Å². The highest BCUT2D eigenvalue weighted by atomic mass is 35.5. The highest BCUT2D eigenvalue weighted by molar-refractivity contribution is 6.30. The van der Waals surface area contributed by atoms with Gasteiger partial charge in [-0.15, -0.1) is 10.2 Å². The predicted molar refractivity (Wildman–Crippen MR) is 186 cm³/mol. The Kier molecular flexibility index (Phi) is 14.1. The van der Waals surface area contributed by atoms with Crippen LogP contribution < -0.4 is 16.0 Å². The SMILES string of the molecule is CC(C)C(NC(=O)[C@@H]1CCCN1C(=O)C(NC(=O)CCCCC(C)(C)NC(=O)c1cc(Cl)ccn1)C(C)C)C(=O)c1nnc(C(C)(C)CO)o1. The zero-order valence-corrected chi connectivity index (χ0v) is 31.1. The maximum atomic E-state index is 13.8. The molecule has 276 valence electrons. The minimum atomic E-state index is -0.988. The summed E-state index contributed by atoms with van der Waals surface area (Å²) in [6.45, 7) is 14.5. The lowest BCUT2D eigenvalue weighted by Crippen LogP contribution is -2.57. The fraction of sp³-hybridized carbons (Fsp3) is 0.657. The molecule has 50 heavy (non-hydrogen) atoms. The van der Waals surface area contributed by atoms with Gasteiger partial charge in [0.05, 0.1) is 18.1 Å². The van der Waals surface area contributed by atoms with E-state index < -0.39 is 40.8 Å². The van der Waals surface area contributed by atoms with Gasteiger partial charge in [-0.3, -0.25) is 29.0 Å². The van der Waals surface area contributed by atoms with E-state index in [9.17, 15) is 29.1 Å². The second kappa shape index (κ2) is 17.3. The normalized spacial score (nSPS) is 16.3. The van der Waals surface area contributed by atoms with Crippen LogP contribution in [0.15, 0.2) is 22.7 Å². The van der Waals surface area contributed by atoms with Gasteiger partial charge in [-0.25, -0.2) is 0 Å². The zero-order chi connectivity index (χ0) is 37.4. The third kappa shape index (κ3) is 10.8. The molecule has 0 aromatic carbocycles. The highest BCUT2D eigenvalue weighted by Crippen LogP contribution is 2.24. The summed E-state index contributed by atoms with van der Waals surface area (Å²) in [6.07, 6.45) is 4.45. The molecule has 0 spiro atoms. The van der Waals surface area contributed by atoms with Crippen LogP contribution in [0.4, 0.5) is 0 Å². The molecule has 0 bridgehead atoms. The molecule has 1 aliphatic heterocycles. The first-order valence-electron chi connectivity index (χ1n) is 17.2. The molecular formula is C35H52ClN7O7. The molecule has 0 saturated carbocycles. The number of hydrogen-bond acceptors (Lipinski definition) is 10. The molecule has 3 atom stereocenters. The second-order valence-electron chi connectivity index (χ2n) is 14.9. The number of Topliss-reactive ketones (excluding diaryl/α,β-unsaturated/α-hetero) is 1. The molecule has 15 heteroatoms. The Morgan fingerprint density at radius 1 is 1.02 bits per heavy atom. The molecule has 2 aromatic heterocycles. The van der Waals surface area contributed by atoms with E-state index in [1.54, 1.807) is 33.8 Å². The van der Waals surface area contributed by atoms with Gasteiger partial charge in [0.1, 0.15) is 17.8 Å². The van der Waals surface area contributed by atoms with Crippen LogP contribution >= 0.6 is 11.6 Å². The molecule has 2 unspecified atom stereocenters. The van der Waals surface area contributed by atoms with Gasteiger partial charge in [0, 0.05) is 29.7 Å². The van der Waals surface area contributed by atoms with Crippen molar-refractivity contribution in [3.8, 4) is 0 Å². The van der Waals surface area contributed by atoms with E-state index in [-0.39, 0.29) is 60.1 Å². The largest absolute Gasteiger partial charge is 0.418 e. The highest BCUT2D eigenvalue weighted by Gasteiger charge is 2.41. The quantitative estimate of drug-likeness (QED) is 0.139. The average molecular weight is 718 g/mol. The first-order valence-corrected chi connectivity index (χ1v) is 17.6. The van der Waals surface area contributed by atoms with Crippen LogP contribution in [0.1, 0.15) is 121 Å². The topological polar surface area (TPSA) is 197 Å². The zero-order valence-electron chi connectivity index (χ0n) is 30.3. The third-order valence-corrected chi connectivity index (χ3v) is 9.04. The van der Waals surface area contributed by atoms with Crippen molar-refractivity contribution in [2.75, 3.05) is 13.2 Å². The number of carbonyl (C=O) groups excluding carboxylic acids is 5. The number of aromatic nitrogens is 3. The van der Waals surface area contributed by atoms with Crippen molar-refractivity contribution in [2.45, 2.75) is 123 Å². The van der Waals surface area contributed by atoms with Gasteiger partial charge in [0.25, 0.3) is 11.8 Å². The number of amides is 4. The molecule has 1 fully saturated rings. The fourth-order valence-electron chi connectivity index (χ4n) is 5.64. The molecule has 4 N–H and O–H groups in total. The lowest BCUT2D eigenvalue weighted by Gasteiger charge is -2.31. The molecule has 2 aromatic rings. The first kappa shape index (κ1) is 40.5. The van der Waals surface area contributed by atoms with E-state index in [0.717, 1.165) is 0 Å². The van der Waals surface area contributed by atoms with E-state index in [4.69, 9.17) is 16.0 Å². The summed E-state index contributed by atoms with van der Waals surface area (Å²) >= 11 is 5.98. The number of pyridine rings is 1. The number of halogens is 1. The minimum absolute atomic E-state index is 0.103. The monoisotopic (exact) mass is 717 g/mol. The Balaban J connectivity index is 1.56. The van der Waals surface area contributed by atoms with Gasteiger partial charge in [-0.05, 0) is 77.3 Å². The summed E-state index contributed by atoms with van der Waals surface area (Å²) in [5, 5.41) is 26.4. The third-order valence-electron chi connectivity index (χ3n) is 8.81. The summed E-state index contributed by atoms with van der Waals surface area (Å²) in [5.74, 6) is -2.76. The van der Waals surface area contributed by atoms with Crippen LogP contribution in [0.25, 0.3) is 0 Å². The maximum Gasteiger partial charge on any atom is 0.286 e. The Morgan fingerprint density at radius 2 is 1.70 bits per heavy atom. The molecule has 0 radical (unpaired) electrons. The second-order valence-corrected chi connectivity index (χ2v) is 15.4. The van der Waals surface area contributed by atoms with Crippen LogP contribution in [-0.4, -0.2) is 91.4 Å². The number of aliphatic hydroxyl groups excluding tert-OH is 1. The van der Waals surface area contributed by atoms with Crippen molar-refractivity contribution in [3.63, 3.8) is 0 Å². The number of carbonyl (C=O) groups is 5.